The number of hydrogen-bond acceptors (Lipinski definition) is 2. The minimum absolute atomic E-state index is 0.0253. The number of nitrogens with one attached hydrogen (secondary N) is 1. The minimum atomic E-state index is -0.638. The van der Waals surface area contributed by atoms with Gasteiger partial charge in [0.15, 0.2) is 0 Å². The van der Waals surface area contributed by atoms with Crippen molar-refractivity contribution in [3.63, 3.8) is 0 Å². The number of amides is 2. The van der Waals surface area contributed by atoms with Gasteiger partial charge >= 0.3 is 6.03 Å². The van der Waals surface area contributed by atoms with Crippen LogP contribution in [0.15, 0.2) is 5.10 Å². The molecule has 0 atom stereocenters. The second kappa shape index (κ2) is 3.20. The molecule has 0 fully saturated rings. The van der Waals surface area contributed by atoms with Crippen LogP contribution in [0, 0.1) is 5.41 Å². The van der Waals surface area contributed by atoms with Crippen LogP contribution in [0.2, 0.25) is 0 Å². The second-order valence-electron chi connectivity index (χ2n) is 3.10. The maximum atomic E-state index is 10.1. The number of carbonyl (C=O) groups is 1. The van der Waals surface area contributed by atoms with Gasteiger partial charge in [0, 0.05) is 6.21 Å². The molecule has 0 aromatic heterocycles. The van der Waals surface area contributed by atoms with Gasteiger partial charge < -0.3 is 5.73 Å². The third-order valence-electron chi connectivity index (χ3n) is 0.627. The molecular weight excluding hydrogens is 130 g/mol. The van der Waals surface area contributed by atoms with Crippen LogP contribution in [0.5, 0.6) is 0 Å². The fourth-order valence-corrected chi connectivity index (χ4v) is 0.290. The quantitative estimate of drug-likeness (QED) is 0.411. The van der Waals surface area contributed by atoms with E-state index in [0.717, 1.165) is 0 Å². The molecule has 0 aliphatic heterocycles. The highest BCUT2D eigenvalue weighted by Gasteiger charge is 2.04. The average Bonchev–Trinajstić information content (AvgIpc) is 1.59. The molecule has 0 aliphatic carbocycles. The number of primary amides is 1. The van der Waals surface area contributed by atoms with Crippen molar-refractivity contribution in [2.24, 2.45) is 16.3 Å². The summed E-state index contributed by atoms with van der Waals surface area (Å²) < 4.78 is 0. The van der Waals surface area contributed by atoms with E-state index in [9.17, 15) is 4.79 Å². The van der Waals surface area contributed by atoms with Gasteiger partial charge in [-0.1, -0.05) is 20.8 Å². The summed E-state index contributed by atoms with van der Waals surface area (Å²) in [6.45, 7) is 5.91. The second-order valence-corrected chi connectivity index (χ2v) is 3.10. The molecule has 10 heavy (non-hydrogen) atoms. The van der Waals surface area contributed by atoms with Crippen molar-refractivity contribution in [1.29, 1.82) is 0 Å². The Bertz CT molecular complexity index is 146. The van der Waals surface area contributed by atoms with Crippen LogP contribution < -0.4 is 11.2 Å². The molecule has 0 radical (unpaired) electrons. The molecular formula is C6H13N3O. The average molecular weight is 143 g/mol. The van der Waals surface area contributed by atoms with Crippen LogP contribution in [0.3, 0.4) is 0 Å². The van der Waals surface area contributed by atoms with E-state index in [1.54, 1.807) is 6.21 Å². The fourth-order valence-electron chi connectivity index (χ4n) is 0.290. The summed E-state index contributed by atoms with van der Waals surface area (Å²) in [4.78, 5) is 10.1. The van der Waals surface area contributed by atoms with E-state index >= 15 is 0 Å². The molecule has 3 N–H and O–H groups in total. The summed E-state index contributed by atoms with van der Waals surface area (Å²) in [5.41, 5.74) is 6.84. The van der Waals surface area contributed by atoms with Crippen molar-refractivity contribution in [3.8, 4) is 0 Å². The highest BCUT2D eigenvalue weighted by atomic mass is 16.2. The van der Waals surface area contributed by atoms with Crippen molar-refractivity contribution in [1.82, 2.24) is 5.43 Å². The van der Waals surface area contributed by atoms with Crippen LogP contribution in [-0.2, 0) is 0 Å². The monoisotopic (exact) mass is 143 g/mol. The van der Waals surface area contributed by atoms with E-state index in [0.29, 0.717) is 0 Å². The third-order valence-corrected chi connectivity index (χ3v) is 0.627. The molecule has 2 amide bonds. The molecule has 0 aliphatic rings. The summed E-state index contributed by atoms with van der Waals surface area (Å²) in [6.07, 6.45) is 1.62. The topological polar surface area (TPSA) is 67.5 Å². The molecule has 0 spiro atoms. The molecule has 0 rings (SSSR count). The lowest BCUT2D eigenvalue weighted by Gasteiger charge is -2.08. The highest BCUT2D eigenvalue weighted by Crippen LogP contribution is 2.07. The van der Waals surface area contributed by atoms with Crippen LogP contribution in [0.1, 0.15) is 20.8 Å². The van der Waals surface area contributed by atoms with Crippen LogP contribution in [0.4, 0.5) is 4.79 Å². The predicted molar refractivity (Wildman–Crippen MR) is 40.7 cm³/mol. The lowest BCUT2D eigenvalue weighted by Crippen LogP contribution is -2.25. The summed E-state index contributed by atoms with van der Waals surface area (Å²) in [5, 5.41) is 3.59. The van der Waals surface area contributed by atoms with Gasteiger partial charge in [-0.3, -0.25) is 0 Å². The van der Waals surface area contributed by atoms with Gasteiger partial charge in [0.25, 0.3) is 0 Å². The molecule has 0 bridgehead atoms. The zero-order chi connectivity index (χ0) is 8.20. The summed E-state index contributed by atoms with van der Waals surface area (Å²) in [5.74, 6) is 0. The highest BCUT2D eigenvalue weighted by molar-refractivity contribution is 5.73. The predicted octanol–water partition coefficient (Wildman–Crippen LogP) is 0.687. The van der Waals surface area contributed by atoms with E-state index in [4.69, 9.17) is 5.73 Å². The van der Waals surface area contributed by atoms with Crippen LogP contribution in [0.25, 0.3) is 0 Å². The van der Waals surface area contributed by atoms with E-state index in [1.165, 1.54) is 0 Å². The van der Waals surface area contributed by atoms with Crippen molar-refractivity contribution >= 4 is 12.2 Å². The largest absolute Gasteiger partial charge is 0.350 e. The maximum absolute atomic E-state index is 10.1. The Labute approximate surface area is 60.5 Å². The normalized spacial score (nSPS) is 11.9. The molecule has 0 saturated carbocycles. The van der Waals surface area contributed by atoms with E-state index in [1.807, 2.05) is 20.8 Å². The lowest BCUT2D eigenvalue weighted by atomic mass is 9.99. The molecule has 0 saturated heterocycles. The molecule has 0 heterocycles. The number of rotatable bonds is 1. The molecule has 0 aromatic carbocycles. The van der Waals surface area contributed by atoms with E-state index in [2.05, 4.69) is 10.5 Å². The third kappa shape index (κ3) is 6.94. The number of nitrogens with zero attached hydrogens (tertiary/aromatic N) is 1. The van der Waals surface area contributed by atoms with Crippen molar-refractivity contribution < 1.29 is 4.79 Å². The van der Waals surface area contributed by atoms with Gasteiger partial charge in [-0.05, 0) is 5.41 Å². The van der Waals surface area contributed by atoms with E-state index < -0.39 is 6.03 Å². The number of nitrogens with two attached hydrogens (primary N) is 1. The SMILES string of the molecule is CC(C)(C)C=NNC(N)=O. The van der Waals surface area contributed by atoms with Gasteiger partial charge in [-0.25, -0.2) is 10.2 Å². The van der Waals surface area contributed by atoms with Crippen LogP contribution in [-0.4, -0.2) is 12.2 Å². The zero-order valence-corrected chi connectivity index (χ0v) is 6.51. The maximum Gasteiger partial charge on any atom is 0.332 e. The zero-order valence-electron chi connectivity index (χ0n) is 6.51. The van der Waals surface area contributed by atoms with Crippen molar-refractivity contribution in [3.05, 3.63) is 0 Å². The Morgan fingerprint density at radius 3 is 2.40 bits per heavy atom. The molecule has 0 aromatic rings. The number of hydrazone groups is 1. The van der Waals surface area contributed by atoms with Crippen molar-refractivity contribution in [2.45, 2.75) is 20.8 Å². The minimum Gasteiger partial charge on any atom is -0.350 e. The Balaban J connectivity index is 3.67. The van der Waals surface area contributed by atoms with Crippen molar-refractivity contribution in [2.75, 3.05) is 0 Å². The van der Waals surface area contributed by atoms with Gasteiger partial charge in [-0.15, -0.1) is 0 Å². The van der Waals surface area contributed by atoms with E-state index in [-0.39, 0.29) is 5.41 Å². The Kier molecular flexibility index (Phi) is 2.86. The van der Waals surface area contributed by atoms with Gasteiger partial charge in [0.2, 0.25) is 0 Å². The first-order valence-electron chi connectivity index (χ1n) is 3.01. The Morgan fingerprint density at radius 2 is 2.10 bits per heavy atom. The number of urea groups is 1. The van der Waals surface area contributed by atoms with Gasteiger partial charge in [-0.2, -0.15) is 5.10 Å². The van der Waals surface area contributed by atoms with Gasteiger partial charge in [0.1, 0.15) is 0 Å². The molecule has 4 nitrogen and oxygen atoms in total. The Morgan fingerprint density at radius 1 is 1.60 bits per heavy atom. The fraction of sp³-hybridized carbons (Fsp3) is 0.667. The summed E-state index contributed by atoms with van der Waals surface area (Å²) in [7, 11) is 0. The summed E-state index contributed by atoms with van der Waals surface area (Å²) in [6, 6.07) is -0.638. The molecule has 4 heteroatoms. The number of carbonyl (C=O) groups excluding carboxylic acids is 1. The summed E-state index contributed by atoms with van der Waals surface area (Å²) >= 11 is 0. The lowest BCUT2D eigenvalue weighted by molar-refractivity contribution is 0.249. The smallest absolute Gasteiger partial charge is 0.332 e. The van der Waals surface area contributed by atoms with Crippen LogP contribution >= 0.6 is 0 Å². The Hall–Kier alpha value is -1.06. The molecule has 58 valence electrons. The van der Waals surface area contributed by atoms with Gasteiger partial charge in [0.05, 0.1) is 0 Å². The first-order valence-corrected chi connectivity index (χ1v) is 3.01. The molecule has 0 unspecified atom stereocenters. The standard InChI is InChI=1S/C6H13N3O/c1-6(2,3)4-8-9-5(7)10/h4H,1-3H3,(H3,7,9,10). The first-order chi connectivity index (χ1) is 4.42. The number of hydrogen-bond donors (Lipinski definition) is 2. The first kappa shape index (κ1) is 8.94.